The highest BCUT2D eigenvalue weighted by atomic mass is 127. The van der Waals surface area contributed by atoms with Crippen LogP contribution in [0.3, 0.4) is 0 Å². The van der Waals surface area contributed by atoms with Crippen LogP contribution in [-0.2, 0) is 11.3 Å². The van der Waals surface area contributed by atoms with E-state index in [2.05, 4.69) is 52.3 Å². The summed E-state index contributed by atoms with van der Waals surface area (Å²) < 4.78 is 9.03. The molecular weight excluding hydrogens is 399 g/mol. The zero-order valence-corrected chi connectivity index (χ0v) is 15.3. The Hall–Kier alpha value is -0.330. The number of rotatable bonds is 3. The highest BCUT2D eigenvalue weighted by molar-refractivity contribution is 14.1. The van der Waals surface area contributed by atoms with Crippen molar-refractivity contribution in [1.82, 2.24) is 9.55 Å². The number of alkyl halides is 1. The van der Waals surface area contributed by atoms with Crippen molar-refractivity contribution in [3.63, 3.8) is 0 Å². The van der Waals surface area contributed by atoms with Crippen LogP contribution >= 0.6 is 34.2 Å². The summed E-state index contributed by atoms with van der Waals surface area (Å²) in [4.78, 5) is 4.76. The zero-order valence-electron chi connectivity index (χ0n) is 12.4. The lowest BCUT2D eigenvalue weighted by atomic mass is 9.82. The van der Waals surface area contributed by atoms with Crippen LogP contribution in [0.2, 0.25) is 0 Å². The van der Waals surface area contributed by atoms with Crippen molar-refractivity contribution >= 4 is 45.2 Å². The number of nitrogens with zero attached hydrogens (tertiary/aromatic N) is 2. The number of halogens is 2. The van der Waals surface area contributed by atoms with E-state index in [0.29, 0.717) is 0 Å². The maximum atomic E-state index is 6.37. The molecule has 3 rings (SSSR count). The Morgan fingerprint density at radius 1 is 1.43 bits per heavy atom. The summed E-state index contributed by atoms with van der Waals surface area (Å²) in [5, 5.41) is -0.0847. The molecule has 3 nitrogen and oxygen atoms in total. The molecule has 1 saturated heterocycles. The number of aromatic nitrogens is 2. The molecule has 1 aromatic heterocycles. The number of ether oxygens (including phenoxy) is 1. The Kier molecular flexibility index (Phi) is 4.48. The van der Waals surface area contributed by atoms with Gasteiger partial charge >= 0.3 is 0 Å². The Labute approximate surface area is 144 Å². The molecule has 2 aromatic rings. The van der Waals surface area contributed by atoms with Crippen molar-refractivity contribution in [2.75, 3.05) is 13.2 Å². The van der Waals surface area contributed by atoms with E-state index >= 15 is 0 Å². The SMILES string of the molecule is CC(Cl)c1nc2cc(I)ccc2n1CC1(C)CCOCC1. The lowest BCUT2D eigenvalue weighted by molar-refractivity contribution is 0.0157. The predicted octanol–water partition coefficient (Wildman–Crippen LogP) is 4.76. The van der Waals surface area contributed by atoms with Crippen LogP contribution in [0.25, 0.3) is 11.0 Å². The van der Waals surface area contributed by atoms with Crippen molar-refractivity contribution < 1.29 is 4.74 Å². The normalized spacial score (nSPS) is 19.8. The Morgan fingerprint density at radius 3 is 2.81 bits per heavy atom. The standard InChI is InChI=1S/C16H20ClIN2O/c1-11(17)15-19-13-9-12(18)3-4-14(13)20(15)10-16(2)5-7-21-8-6-16/h3-4,9,11H,5-8,10H2,1-2H3. The van der Waals surface area contributed by atoms with Crippen molar-refractivity contribution in [1.29, 1.82) is 0 Å². The molecule has 21 heavy (non-hydrogen) atoms. The highest BCUT2D eigenvalue weighted by Gasteiger charge is 2.30. The van der Waals surface area contributed by atoms with E-state index in [-0.39, 0.29) is 10.8 Å². The molecule has 1 atom stereocenters. The van der Waals surface area contributed by atoms with Crippen LogP contribution in [0.4, 0.5) is 0 Å². The first-order chi connectivity index (χ1) is 9.98. The largest absolute Gasteiger partial charge is 0.381 e. The first kappa shape index (κ1) is 15.6. The topological polar surface area (TPSA) is 27.1 Å². The molecule has 1 fully saturated rings. The maximum absolute atomic E-state index is 6.37. The van der Waals surface area contributed by atoms with Crippen LogP contribution in [0.15, 0.2) is 18.2 Å². The second-order valence-electron chi connectivity index (χ2n) is 6.23. The first-order valence-electron chi connectivity index (χ1n) is 7.36. The van der Waals surface area contributed by atoms with Crippen molar-refractivity contribution in [3.05, 3.63) is 27.6 Å². The van der Waals surface area contributed by atoms with Crippen LogP contribution in [0, 0.1) is 8.99 Å². The summed E-state index contributed by atoms with van der Waals surface area (Å²) in [5.74, 6) is 0.974. The van der Waals surface area contributed by atoms with Crippen LogP contribution in [0.5, 0.6) is 0 Å². The molecule has 1 aliphatic rings. The third kappa shape index (κ3) is 3.22. The predicted molar refractivity (Wildman–Crippen MR) is 94.9 cm³/mol. The second kappa shape index (κ2) is 6.05. The number of hydrogen-bond donors (Lipinski definition) is 0. The number of hydrogen-bond acceptors (Lipinski definition) is 2. The van der Waals surface area contributed by atoms with E-state index in [9.17, 15) is 0 Å². The Bertz CT molecular complexity index is 647. The summed E-state index contributed by atoms with van der Waals surface area (Å²) in [7, 11) is 0. The van der Waals surface area contributed by atoms with Gasteiger partial charge in [0.05, 0.1) is 16.4 Å². The molecule has 0 bridgehead atoms. The monoisotopic (exact) mass is 418 g/mol. The van der Waals surface area contributed by atoms with Gasteiger partial charge in [0, 0.05) is 23.3 Å². The van der Waals surface area contributed by atoms with Gasteiger partial charge in [0.15, 0.2) is 0 Å². The van der Waals surface area contributed by atoms with Gasteiger partial charge in [-0.05, 0) is 66.0 Å². The number of fused-ring (bicyclic) bond motifs is 1. The molecule has 1 aliphatic heterocycles. The summed E-state index contributed by atoms with van der Waals surface area (Å²) >= 11 is 8.70. The van der Waals surface area contributed by atoms with Gasteiger partial charge < -0.3 is 9.30 Å². The van der Waals surface area contributed by atoms with Gasteiger partial charge in [-0.2, -0.15) is 0 Å². The minimum absolute atomic E-state index is 0.0847. The molecule has 1 unspecified atom stereocenters. The third-order valence-electron chi connectivity index (χ3n) is 4.34. The smallest absolute Gasteiger partial charge is 0.127 e. The van der Waals surface area contributed by atoms with E-state index in [4.69, 9.17) is 21.3 Å². The van der Waals surface area contributed by atoms with Crippen molar-refractivity contribution in [2.24, 2.45) is 5.41 Å². The third-order valence-corrected chi connectivity index (χ3v) is 5.20. The van der Waals surface area contributed by atoms with Crippen molar-refractivity contribution in [2.45, 2.75) is 38.6 Å². The molecule has 2 heterocycles. The lowest BCUT2D eigenvalue weighted by Crippen LogP contribution is -2.31. The molecule has 0 saturated carbocycles. The average molecular weight is 419 g/mol. The summed E-state index contributed by atoms with van der Waals surface area (Å²) in [6.07, 6.45) is 2.18. The van der Waals surface area contributed by atoms with E-state index in [1.165, 1.54) is 9.09 Å². The lowest BCUT2D eigenvalue weighted by Gasteiger charge is -2.34. The summed E-state index contributed by atoms with van der Waals surface area (Å²) in [6, 6.07) is 6.42. The summed E-state index contributed by atoms with van der Waals surface area (Å²) in [5.41, 5.74) is 2.49. The fraction of sp³-hybridized carbons (Fsp3) is 0.562. The molecule has 5 heteroatoms. The van der Waals surface area contributed by atoms with Gasteiger partial charge in [-0.1, -0.05) is 6.92 Å². The fourth-order valence-electron chi connectivity index (χ4n) is 3.00. The summed E-state index contributed by atoms with van der Waals surface area (Å²) in [6.45, 7) is 7.01. The van der Waals surface area contributed by atoms with Gasteiger partial charge in [0.25, 0.3) is 0 Å². The second-order valence-corrected chi connectivity index (χ2v) is 8.13. The number of imidazole rings is 1. The average Bonchev–Trinajstić information content (AvgIpc) is 2.77. The van der Waals surface area contributed by atoms with Crippen LogP contribution in [0.1, 0.15) is 37.9 Å². The molecule has 0 spiro atoms. The van der Waals surface area contributed by atoms with E-state index in [1.54, 1.807) is 0 Å². The molecular formula is C16H20ClIN2O. The van der Waals surface area contributed by atoms with Gasteiger partial charge in [-0.25, -0.2) is 4.98 Å². The number of benzene rings is 1. The molecule has 0 N–H and O–H groups in total. The van der Waals surface area contributed by atoms with Gasteiger partial charge in [0.1, 0.15) is 5.82 Å². The molecule has 0 radical (unpaired) electrons. The van der Waals surface area contributed by atoms with E-state index in [0.717, 1.165) is 43.9 Å². The van der Waals surface area contributed by atoms with Gasteiger partial charge in [-0.3, -0.25) is 0 Å². The minimum Gasteiger partial charge on any atom is -0.381 e. The van der Waals surface area contributed by atoms with E-state index in [1.807, 2.05) is 6.92 Å². The van der Waals surface area contributed by atoms with Gasteiger partial charge in [-0.15, -0.1) is 11.6 Å². The molecule has 0 amide bonds. The molecule has 1 aromatic carbocycles. The first-order valence-corrected chi connectivity index (χ1v) is 8.88. The molecule has 114 valence electrons. The quantitative estimate of drug-likeness (QED) is 0.531. The van der Waals surface area contributed by atoms with Crippen LogP contribution < -0.4 is 0 Å². The minimum atomic E-state index is -0.0847. The van der Waals surface area contributed by atoms with Crippen LogP contribution in [-0.4, -0.2) is 22.8 Å². The fourth-order valence-corrected chi connectivity index (χ4v) is 3.64. The van der Waals surface area contributed by atoms with Crippen molar-refractivity contribution in [3.8, 4) is 0 Å². The Morgan fingerprint density at radius 2 is 2.14 bits per heavy atom. The molecule has 0 aliphatic carbocycles. The van der Waals surface area contributed by atoms with Gasteiger partial charge in [0.2, 0.25) is 0 Å². The van der Waals surface area contributed by atoms with E-state index < -0.39 is 0 Å². The maximum Gasteiger partial charge on any atom is 0.127 e. The Balaban J connectivity index is 2.04. The highest BCUT2D eigenvalue weighted by Crippen LogP contribution is 2.35. The zero-order chi connectivity index (χ0) is 15.0.